The quantitative estimate of drug-likeness (QED) is 0.351. The molecule has 1 heterocycles. The number of thioether (sulfide) groups is 1. The van der Waals surface area contributed by atoms with E-state index in [4.69, 9.17) is 4.74 Å². The van der Waals surface area contributed by atoms with Crippen molar-refractivity contribution >= 4 is 17.7 Å². The van der Waals surface area contributed by atoms with Crippen LogP contribution >= 0.6 is 11.8 Å². The van der Waals surface area contributed by atoms with Crippen molar-refractivity contribution in [3.05, 3.63) is 65.5 Å². The van der Waals surface area contributed by atoms with Crippen molar-refractivity contribution in [1.29, 1.82) is 0 Å². The highest BCUT2D eigenvalue weighted by Crippen LogP contribution is 2.23. The number of rotatable bonds is 7. The van der Waals surface area contributed by atoms with Crippen molar-refractivity contribution in [1.82, 2.24) is 14.8 Å². The van der Waals surface area contributed by atoms with E-state index in [1.165, 1.54) is 18.2 Å². The zero-order valence-electron chi connectivity index (χ0n) is 15.5. The van der Waals surface area contributed by atoms with Gasteiger partial charge in [-0.15, -0.1) is 10.2 Å². The molecule has 2 aromatic carbocycles. The van der Waals surface area contributed by atoms with Crippen LogP contribution < -0.4 is 4.74 Å². The number of nitrogens with zero attached hydrogens (tertiary/aromatic N) is 3. The van der Waals surface area contributed by atoms with Crippen molar-refractivity contribution in [2.45, 2.75) is 19.0 Å². The number of methoxy groups -OCH3 is 1. The van der Waals surface area contributed by atoms with Crippen LogP contribution in [0.5, 0.6) is 5.75 Å². The van der Waals surface area contributed by atoms with Crippen LogP contribution in [0, 0.1) is 13.8 Å². The molecule has 0 radical (unpaired) electrons. The summed E-state index contributed by atoms with van der Waals surface area (Å²) in [6, 6.07) is 13.2. The monoisotopic (exact) mass is 383 g/mol. The van der Waals surface area contributed by atoms with Gasteiger partial charge in [0.05, 0.1) is 25.0 Å². The van der Waals surface area contributed by atoms with Crippen LogP contribution in [0.15, 0.2) is 53.9 Å². The van der Waals surface area contributed by atoms with Crippen molar-refractivity contribution in [3.8, 4) is 11.4 Å². The van der Waals surface area contributed by atoms with Gasteiger partial charge in [-0.05, 0) is 49.7 Å². The first kappa shape index (κ1) is 19.0. The maximum Gasteiger partial charge on any atom is 0.337 e. The molecule has 1 aromatic heterocycles. The molecule has 0 N–H and O–H groups in total. The zero-order valence-corrected chi connectivity index (χ0v) is 16.3. The molecule has 0 unspecified atom stereocenters. The van der Waals surface area contributed by atoms with Crippen LogP contribution in [0.1, 0.15) is 21.5 Å². The maximum atomic E-state index is 11.4. The normalized spacial score (nSPS) is 10.6. The molecule has 0 aliphatic heterocycles. The second kappa shape index (κ2) is 8.73. The standard InChI is InChI=1S/C20H21N3O3S/c1-14-4-9-18(15(2)12-14)23-13-21-22-20(23)27-11-10-26-17-7-5-16(6-8-17)19(24)25-3/h4-9,12-13H,10-11H2,1-3H3. The summed E-state index contributed by atoms with van der Waals surface area (Å²) in [6.07, 6.45) is 1.73. The number of ether oxygens (including phenoxy) is 2. The molecular weight excluding hydrogens is 362 g/mol. The number of carbonyl (C=O) groups excluding carboxylic acids is 1. The summed E-state index contributed by atoms with van der Waals surface area (Å²) >= 11 is 1.58. The van der Waals surface area contributed by atoms with Gasteiger partial charge in [0.1, 0.15) is 12.1 Å². The van der Waals surface area contributed by atoms with Gasteiger partial charge in [-0.2, -0.15) is 0 Å². The van der Waals surface area contributed by atoms with Crippen molar-refractivity contribution in [2.75, 3.05) is 19.5 Å². The average Bonchev–Trinajstić information content (AvgIpc) is 3.13. The smallest absolute Gasteiger partial charge is 0.337 e. The molecule has 0 saturated heterocycles. The minimum atomic E-state index is -0.358. The van der Waals surface area contributed by atoms with Gasteiger partial charge in [0.15, 0.2) is 5.16 Å². The summed E-state index contributed by atoms with van der Waals surface area (Å²) in [4.78, 5) is 11.4. The van der Waals surface area contributed by atoms with E-state index in [1.54, 1.807) is 42.4 Å². The van der Waals surface area contributed by atoms with Gasteiger partial charge in [-0.25, -0.2) is 4.79 Å². The van der Waals surface area contributed by atoms with Crippen LogP contribution in [0.3, 0.4) is 0 Å². The molecule has 0 fully saturated rings. The van der Waals surface area contributed by atoms with Gasteiger partial charge < -0.3 is 9.47 Å². The summed E-state index contributed by atoms with van der Waals surface area (Å²) < 4.78 is 12.4. The van der Waals surface area contributed by atoms with E-state index in [2.05, 4.69) is 47.0 Å². The van der Waals surface area contributed by atoms with E-state index < -0.39 is 0 Å². The van der Waals surface area contributed by atoms with Gasteiger partial charge in [0.2, 0.25) is 0 Å². The van der Waals surface area contributed by atoms with E-state index in [9.17, 15) is 4.79 Å². The largest absolute Gasteiger partial charge is 0.493 e. The van der Waals surface area contributed by atoms with Crippen molar-refractivity contribution in [2.24, 2.45) is 0 Å². The molecule has 6 nitrogen and oxygen atoms in total. The molecule has 0 bridgehead atoms. The predicted molar refractivity (Wildman–Crippen MR) is 105 cm³/mol. The lowest BCUT2D eigenvalue weighted by Crippen LogP contribution is -2.04. The first-order valence-electron chi connectivity index (χ1n) is 8.50. The fourth-order valence-electron chi connectivity index (χ4n) is 2.66. The van der Waals surface area contributed by atoms with E-state index in [-0.39, 0.29) is 5.97 Å². The van der Waals surface area contributed by atoms with Crippen LogP contribution in [-0.4, -0.2) is 40.2 Å². The third-order valence-corrected chi connectivity index (χ3v) is 4.89. The second-order valence-electron chi connectivity index (χ2n) is 5.99. The third-order valence-electron chi connectivity index (χ3n) is 3.99. The summed E-state index contributed by atoms with van der Waals surface area (Å²) in [5, 5.41) is 9.08. The first-order chi connectivity index (χ1) is 13.1. The second-order valence-corrected chi connectivity index (χ2v) is 7.05. The summed E-state index contributed by atoms with van der Waals surface area (Å²) in [7, 11) is 1.36. The molecule has 0 aliphatic carbocycles. The highest BCUT2D eigenvalue weighted by molar-refractivity contribution is 7.99. The molecule has 7 heteroatoms. The molecule has 0 amide bonds. The van der Waals surface area contributed by atoms with Gasteiger partial charge in [-0.1, -0.05) is 29.5 Å². The van der Waals surface area contributed by atoms with Crippen molar-refractivity contribution in [3.63, 3.8) is 0 Å². The third kappa shape index (κ3) is 4.68. The Bertz CT molecular complexity index is 922. The molecule has 0 saturated carbocycles. The number of aryl methyl sites for hydroxylation is 2. The topological polar surface area (TPSA) is 66.2 Å². The average molecular weight is 383 g/mol. The fraction of sp³-hybridized carbons (Fsp3) is 0.250. The predicted octanol–water partition coefficient (Wildman–Crippen LogP) is 3.84. The Kier molecular flexibility index (Phi) is 6.13. The Balaban J connectivity index is 1.56. The lowest BCUT2D eigenvalue weighted by Gasteiger charge is -2.10. The van der Waals surface area contributed by atoms with E-state index in [0.717, 1.165) is 16.6 Å². The number of hydrogen-bond acceptors (Lipinski definition) is 6. The van der Waals surface area contributed by atoms with Gasteiger partial charge >= 0.3 is 5.97 Å². The molecule has 27 heavy (non-hydrogen) atoms. The zero-order chi connectivity index (χ0) is 19.2. The molecule has 0 spiro atoms. The lowest BCUT2D eigenvalue weighted by atomic mass is 10.1. The Labute approximate surface area is 162 Å². The number of hydrogen-bond donors (Lipinski definition) is 0. The number of aromatic nitrogens is 3. The highest BCUT2D eigenvalue weighted by atomic mass is 32.2. The van der Waals surface area contributed by atoms with Crippen molar-refractivity contribution < 1.29 is 14.3 Å². The molecule has 3 aromatic rings. The molecule has 0 aliphatic rings. The molecule has 140 valence electrons. The van der Waals surface area contributed by atoms with E-state index >= 15 is 0 Å². The minimum absolute atomic E-state index is 0.358. The van der Waals surface area contributed by atoms with E-state index in [1.807, 2.05) is 4.57 Å². The van der Waals surface area contributed by atoms with Crippen LogP contribution in [0.2, 0.25) is 0 Å². The Morgan fingerprint density at radius 2 is 1.93 bits per heavy atom. The first-order valence-corrected chi connectivity index (χ1v) is 9.48. The summed E-state index contributed by atoms with van der Waals surface area (Å²) in [6.45, 7) is 4.67. The SMILES string of the molecule is COC(=O)c1ccc(OCCSc2nncn2-c2ccc(C)cc2C)cc1. The molecule has 3 rings (SSSR count). The summed E-state index contributed by atoms with van der Waals surface area (Å²) in [5.74, 6) is 1.07. The molecular formula is C20H21N3O3S. The van der Waals surface area contributed by atoms with E-state index in [0.29, 0.717) is 17.9 Å². The van der Waals surface area contributed by atoms with Gasteiger partial charge in [0.25, 0.3) is 0 Å². The minimum Gasteiger partial charge on any atom is -0.493 e. The van der Waals surface area contributed by atoms with Gasteiger partial charge in [0, 0.05) is 5.75 Å². The Morgan fingerprint density at radius 3 is 2.63 bits per heavy atom. The summed E-state index contributed by atoms with van der Waals surface area (Å²) in [5.41, 5.74) is 3.98. The lowest BCUT2D eigenvalue weighted by molar-refractivity contribution is 0.0600. The number of benzene rings is 2. The number of esters is 1. The Hall–Kier alpha value is -2.80. The van der Waals surface area contributed by atoms with Gasteiger partial charge in [-0.3, -0.25) is 4.57 Å². The van der Waals surface area contributed by atoms with Crippen LogP contribution in [0.4, 0.5) is 0 Å². The van der Waals surface area contributed by atoms with Crippen LogP contribution in [0.25, 0.3) is 5.69 Å². The van der Waals surface area contributed by atoms with Crippen LogP contribution in [-0.2, 0) is 4.74 Å². The number of carbonyl (C=O) groups is 1. The molecule has 0 atom stereocenters. The maximum absolute atomic E-state index is 11.4. The fourth-order valence-corrected chi connectivity index (χ4v) is 3.40. The highest BCUT2D eigenvalue weighted by Gasteiger charge is 2.10. The Morgan fingerprint density at radius 1 is 1.15 bits per heavy atom.